The minimum absolute atomic E-state index is 0.190. The summed E-state index contributed by atoms with van der Waals surface area (Å²) in [6.45, 7) is 3.09. The van der Waals surface area contributed by atoms with Crippen molar-refractivity contribution in [1.29, 1.82) is 0 Å². The highest BCUT2D eigenvalue weighted by Gasteiger charge is 2.30. The van der Waals surface area contributed by atoms with Crippen LogP contribution < -0.4 is 4.90 Å². The third-order valence-electron chi connectivity index (χ3n) is 5.67. The lowest BCUT2D eigenvalue weighted by Crippen LogP contribution is -2.25. The van der Waals surface area contributed by atoms with Crippen molar-refractivity contribution in [2.45, 2.75) is 24.3 Å². The normalized spacial score (nSPS) is 17.3. The number of hydrogen-bond donors (Lipinski definition) is 0. The van der Waals surface area contributed by atoms with Gasteiger partial charge in [-0.3, -0.25) is 9.17 Å². The molecule has 1 aliphatic heterocycles. The summed E-state index contributed by atoms with van der Waals surface area (Å²) in [7, 11) is -1.79. The number of fused-ring (bicyclic) bond motifs is 3. The van der Waals surface area contributed by atoms with Crippen LogP contribution in [0.4, 0.5) is 5.82 Å². The summed E-state index contributed by atoms with van der Waals surface area (Å²) in [6, 6.07) is 12.7. The molecule has 0 spiro atoms. The third-order valence-corrected chi connectivity index (χ3v) is 7.04. The molecule has 4 heterocycles. The Morgan fingerprint density at radius 2 is 1.87 bits per heavy atom. The van der Waals surface area contributed by atoms with E-state index in [4.69, 9.17) is 9.17 Å². The topological polar surface area (TPSA) is 77.3 Å². The first kappa shape index (κ1) is 19.0. The van der Waals surface area contributed by atoms with Gasteiger partial charge in [0, 0.05) is 43.3 Å². The summed E-state index contributed by atoms with van der Waals surface area (Å²) in [5.41, 5.74) is 2.97. The number of pyridine rings is 2. The zero-order valence-electron chi connectivity index (χ0n) is 16.8. The van der Waals surface area contributed by atoms with Crippen LogP contribution in [0.1, 0.15) is 12.0 Å². The second kappa shape index (κ2) is 7.07. The van der Waals surface area contributed by atoms with Crippen LogP contribution in [0, 0.1) is 6.92 Å². The minimum atomic E-state index is -3.78. The highest BCUT2D eigenvalue weighted by Crippen LogP contribution is 2.30. The lowest BCUT2D eigenvalue weighted by molar-refractivity contribution is 0.232. The van der Waals surface area contributed by atoms with Crippen LogP contribution in [0.15, 0.2) is 59.8 Å². The number of hydrogen-bond acceptors (Lipinski definition) is 6. The van der Waals surface area contributed by atoms with E-state index in [-0.39, 0.29) is 4.90 Å². The van der Waals surface area contributed by atoms with Crippen molar-refractivity contribution in [3.63, 3.8) is 0 Å². The van der Waals surface area contributed by atoms with Crippen LogP contribution in [-0.4, -0.2) is 42.1 Å². The molecule has 0 N–H and O–H groups in total. The monoisotopic (exact) mass is 422 g/mol. The fourth-order valence-electron chi connectivity index (χ4n) is 4.04. The Morgan fingerprint density at radius 1 is 1.07 bits per heavy atom. The molecule has 7 nitrogen and oxygen atoms in total. The Balaban J connectivity index is 1.38. The van der Waals surface area contributed by atoms with Gasteiger partial charge < -0.3 is 9.47 Å². The molecule has 30 heavy (non-hydrogen) atoms. The first-order chi connectivity index (χ1) is 14.4. The Morgan fingerprint density at radius 3 is 2.67 bits per heavy atom. The number of rotatable bonds is 4. The van der Waals surface area contributed by atoms with Gasteiger partial charge >= 0.3 is 0 Å². The van der Waals surface area contributed by atoms with E-state index in [1.807, 2.05) is 32.3 Å². The maximum atomic E-state index is 12.6. The zero-order chi connectivity index (χ0) is 20.9. The molecular weight excluding hydrogens is 400 g/mol. The van der Waals surface area contributed by atoms with Gasteiger partial charge in [-0.2, -0.15) is 8.42 Å². The van der Waals surface area contributed by atoms with E-state index in [1.165, 1.54) is 0 Å². The summed E-state index contributed by atoms with van der Waals surface area (Å²) in [6.07, 6.45) is 3.86. The van der Waals surface area contributed by atoms with E-state index in [9.17, 15) is 8.42 Å². The average Bonchev–Trinajstić information content (AvgIpc) is 3.31. The first-order valence-corrected chi connectivity index (χ1v) is 11.3. The van der Waals surface area contributed by atoms with Gasteiger partial charge in [0.05, 0.1) is 16.5 Å². The molecule has 8 heteroatoms. The Bertz CT molecular complexity index is 1350. The Kier molecular flexibility index (Phi) is 4.48. The molecule has 1 aromatic carbocycles. The Hall–Kier alpha value is -2.97. The number of anilines is 1. The Labute approximate surface area is 175 Å². The predicted molar refractivity (Wildman–Crippen MR) is 116 cm³/mol. The van der Waals surface area contributed by atoms with Crippen LogP contribution in [0.3, 0.4) is 0 Å². The lowest BCUT2D eigenvalue weighted by atomic mass is 10.2. The van der Waals surface area contributed by atoms with Crippen molar-refractivity contribution < 1.29 is 12.6 Å². The van der Waals surface area contributed by atoms with E-state index in [2.05, 4.69) is 20.5 Å². The molecule has 0 aliphatic carbocycles. The molecule has 4 aromatic rings. The number of benzene rings is 1. The lowest BCUT2D eigenvalue weighted by Gasteiger charge is -2.18. The van der Waals surface area contributed by atoms with Gasteiger partial charge in [-0.05, 0) is 43.7 Å². The van der Waals surface area contributed by atoms with Gasteiger partial charge in [-0.1, -0.05) is 17.7 Å². The molecule has 3 aromatic heterocycles. The molecular formula is C22H22N4O3S. The van der Waals surface area contributed by atoms with E-state index >= 15 is 0 Å². The second-order valence-electron chi connectivity index (χ2n) is 7.71. The average molecular weight is 423 g/mol. The molecule has 1 saturated heterocycles. The summed E-state index contributed by atoms with van der Waals surface area (Å²) in [5, 5.41) is 2.12. The minimum Gasteiger partial charge on any atom is -0.354 e. The maximum absolute atomic E-state index is 12.6. The molecule has 154 valence electrons. The summed E-state index contributed by atoms with van der Waals surface area (Å²) >= 11 is 0. The maximum Gasteiger partial charge on any atom is 0.297 e. The number of aryl methyl sites for hydroxylation is 2. The molecule has 5 rings (SSSR count). The molecule has 1 aliphatic rings. The fraction of sp³-hybridized carbons (Fsp3) is 0.273. The second-order valence-corrected chi connectivity index (χ2v) is 9.28. The largest absolute Gasteiger partial charge is 0.354 e. The predicted octanol–water partition coefficient (Wildman–Crippen LogP) is 3.41. The van der Waals surface area contributed by atoms with Gasteiger partial charge in [0.25, 0.3) is 10.1 Å². The highest BCUT2D eigenvalue weighted by atomic mass is 32.2. The van der Waals surface area contributed by atoms with Crippen LogP contribution in [-0.2, 0) is 21.3 Å². The van der Waals surface area contributed by atoms with E-state index in [0.29, 0.717) is 19.5 Å². The standard InChI is InChI=1S/C22H22N4O3S/c1-15-3-5-17(6-4-15)30(27,28)29-16-10-12-26(14-16)21-8-7-18-19-13-23-11-9-20(19)25(2)22(18)24-21/h3-9,11,13,16H,10,12,14H2,1-2H3/t16-/m0/s1. The highest BCUT2D eigenvalue weighted by molar-refractivity contribution is 7.86. The van der Waals surface area contributed by atoms with Crippen molar-refractivity contribution in [3.05, 3.63) is 60.4 Å². The van der Waals surface area contributed by atoms with E-state index in [0.717, 1.165) is 33.3 Å². The number of aromatic nitrogens is 3. The van der Waals surface area contributed by atoms with Crippen LogP contribution in [0.25, 0.3) is 21.9 Å². The van der Waals surface area contributed by atoms with Crippen molar-refractivity contribution in [2.24, 2.45) is 7.05 Å². The van der Waals surface area contributed by atoms with Crippen LogP contribution >= 0.6 is 0 Å². The molecule has 1 fully saturated rings. The molecule has 1 atom stereocenters. The van der Waals surface area contributed by atoms with Crippen molar-refractivity contribution >= 4 is 37.9 Å². The summed E-state index contributed by atoms with van der Waals surface area (Å²) in [5.74, 6) is 0.820. The van der Waals surface area contributed by atoms with Gasteiger partial charge in [-0.15, -0.1) is 0 Å². The molecule has 0 unspecified atom stereocenters. The molecule has 0 saturated carbocycles. The van der Waals surface area contributed by atoms with Crippen molar-refractivity contribution in [1.82, 2.24) is 14.5 Å². The fourth-order valence-corrected chi connectivity index (χ4v) is 5.13. The van der Waals surface area contributed by atoms with Crippen LogP contribution in [0.2, 0.25) is 0 Å². The smallest absolute Gasteiger partial charge is 0.297 e. The zero-order valence-corrected chi connectivity index (χ0v) is 17.6. The van der Waals surface area contributed by atoms with Gasteiger partial charge in [0.1, 0.15) is 11.5 Å². The van der Waals surface area contributed by atoms with E-state index in [1.54, 1.807) is 30.5 Å². The van der Waals surface area contributed by atoms with Crippen molar-refractivity contribution in [3.8, 4) is 0 Å². The van der Waals surface area contributed by atoms with Crippen LogP contribution in [0.5, 0.6) is 0 Å². The molecule has 0 bridgehead atoms. The van der Waals surface area contributed by atoms with Gasteiger partial charge in [0.15, 0.2) is 0 Å². The van der Waals surface area contributed by atoms with Crippen molar-refractivity contribution in [2.75, 3.05) is 18.0 Å². The SMILES string of the molecule is Cc1ccc(S(=O)(=O)O[C@H]2CCN(c3ccc4c5cnccc5n(C)c4n3)C2)cc1. The molecule has 0 radical (unpaired) electrons. The van der Waals surface area contributed by atoms with Gasteiger partial charge in [0.2, 0.25) is 0 Å². The number of nitrogens with zero attached hydrogens (tertiary/aromatic N) is 4. The summed E-state index contributed by atoms with van der Waals surface area (Å²) < 4.78 is 32.8. The molecule has 0 amide bonds. The third kappa shape index (κ3) is 3.22. The van der Waals surface area contributed by atoms with Gasteiger partial charge in [-0.25, -0.2) is 4.98 Å². The summed E-state index contributed by atoms with van der Waals surface area (Å²) in [4.78, 5) is 11.3. The van der Waals surface area contributed by atoms with E-state index < -0.39 is 16.2 Å². The quantitative estimate of drug-likeness (QED) is 0.469. The first-order valence-electron chi connectivity index (χ1n) is 9.86.